The van der Waals surface area contributed by atoms with Gasteiger partial charge in [-0.15, -0.1) is 0 Å². The van der Waals surface area contributed by atoms with Crippen molar-refractivity contribution in [3.8, 4) is 11.3 Å². The van der Waals surface area contributed by atoms with Gasteiger partial charge in [-0.3, -0.25) is 14.9 Å². The molecule has 112 valence electrons. The van der Waals surface area contributed by atoms with Gasteiger partial charge in [0.2, 0.25) is 0 Å². The average molecular weight is 295 g/mol. The number of fused-ring (bicyclic) bond motifs is 1. The van der Waals surface area contributed by atoms with Crippen LogP contribution in [0.1, 0.15) is 21.7 Å². The first-order valence-electron chi connectivity index (χ1n) is 6.94. The van der Waals surface area contributed by atoms with Gasteiger partial charge in [0.05, 0.1) is 22.5 Å². The van der Waals surface area contributed by atoms with E-state index in [9.17, 15) is 4.79 Å². The summed E-state index contributed by atoms with van der Waals surface area (Å²) in [4.78, 5) is 16.8. The Balaban J connectivity index is 2.34. The Labute approximate surface area is 127 Å². The van der Waals surface area contributed by atoms with E-state index in [1.807, 2.05) is 49.8 Å². The highest BCUT2D eigenvalue weighted by Crippen LogP contribution is 2.29. The van der Waals surface area contributed by atoms with E-state index in [-0.39, 0.29) is 5.91 Å². The predicted octanol–water partition coefficient (Wildman–Crippen LogP) is 1.86. The van der Waals surface area contributed by atoms with Crippen molar-refractivity contribution in [3.63, 3.8) is 0 Å². The second-order valence-electron chi connectivity index (χ2n) is 5.22. The molecule has 22 heavy (non-hydrogen) atoms. The van der Waals surface area contributed by atoms with Crippen molar-refractivity contribution in [2.75, 3.05) is 0 Å². The van der Waals surface area contributed by atoms with Crippen molar-refractivity contribution < 1.29 is 4.79 Å². The molecule has 0 radical (unpaired) electrons. The Morgan fingerprint density at radius 3 is 2.64 bits per heavy atom. The number of carbonyl (C=O) groups is 1. The number of nitrogens with zero attached hydrogens (tertiary/aromatic N) is 3. The van der Waals surface area contributed by atoms with Crippen LogP contribution < -0.4 is 11.3 Å². The molecule has 1 aromatic carbocycles. The van der Waals surface area contributed by atoms with E-state index in [2.05, 4.69) is 15.5 Å². The van der Waals surface area contributed by atoms with Crippen molar-refractivity contribution in [2.24, 2.45) is 12.9 Å². The Hall–Kier alpha value is -2.73. The number of hydrazine groups is 1. The Morgan fingerprint density at radius 1 is 1.27 bits per heavy atom. The van der Waals surface area contributed by atoms with E-state index < -0.39 is 0 Å². The zero-order valence-electron chi connectivity index (χ0n) is 12.7. The lowest BCUT2D eigenvalue weighted by molar-refractivity contribution is 0.0955. The van der Waals surface area contributed by atoms with Gasteiger partial charge < -0.3 is 0 Å². The largest absolute Gasteiger partial charge is 0.290 e. The summed E-state index contributed by atoms with van der Waals surface area (Å²) in [6, 6.07) is 9.28. The monoisotopic (exact) mass is 295 g/mol. The van der Waals surface area contributed by atoms with Crippen LogP contribution in [0.5, 0.6) is 0 Å². The van der Waals surface area contributed by atoms with Crippen LogP contribution in [-0.2, 0) is 7.05 Å². The summed E-state index contributed by atoms with van der Waals surface area (Å²) in [6.45, 7) is 3.91. The second-order valence-corrected chi connectivity index (χ2v) is 5.22. The Bertz CT molecular complexity index is 882. The number of rotatable bonds is 2. The van der Waals surface area contributed by atoms with Gasteiger partial charge >= 0.3 is 0 Å². The van der Waals surface area contributed by atoms with Crippen LogP contribution in [0.2, 0.25) is 0 Å². The van der Waals surface area contributed by atoms with Crippen LogP contribution in [0, 0.1) is 13.8 Å². The van der Waals surface area contributed by atoms with Gasteiger partial charge in [-0.1, -0.05) is 18.2 Å². The smallest absolute Gasteiger partial charge is 0.265 e. The molecule has 0 aliphatic carbocycles. The Morgan fingerprint density at radius 2 is 2.00 bits per heavy atom. The van der Waals surface area contributed by atoms with Gasteiger partial charge in [0.25, 0.3) is 5.91 Å². The predicted molar refractivity (Wildman–Crippen MR) is 85.1 cm³/mol. The second kappa shape index (κ2) is 5.23. The molecular formula is C16H17N5O. The SMILES string of the molecule is Cc1nn(C)c(C)c1-c1cc(C(=O)NN)c2ccccc2n1. The third-order valence-electron chi connectivity index (χ3n) is 3.86. The highest BCUT2D eigenvalue weighted by molar-refractivity contribution is 6.07. The molecule has 3 aromatic rings. The fraction of sp³-hybridized carbons (Fsp3) is 0.188. The van der Waals surface area contributed by atoms with E-state index in [1.165, 1.54) is 0 Å². The molecule has 3 rings (SSSR count). The van der Waals surface area contributed by atoms with Gasteiger partial charge in [0.1, 0.15) is 0 Å². The van der Waals surface area contributed by atoms with Crippen LogP contribution in [0.3, 0.4) is 0 Å². The molecule has 2 heterocycles. The molecule has 6 nitrogen and oxygen atoms in total. The number of hydrogen-bond donors (Lipinski definition) is 2. The number of amides is 1. The third-order valence-corrected chi connectivity index (χ3v) is 3.86. The zero-order chi connectivity index (χ0) is 15.9. The highest BCUT2D eigenvalue weighted by atomic mass is 16.2. The number of pyridine rings is 1. The fourth-order valence-electron chi connectivity index (χ4n) is 2.71. The molecule has 0 unspecified atom stereocenters. The number of hydrogen-bond acceptors (Lipinski definition) is 4. The summed E-state index contributed by atoms with van der Waals surface area (Å²) in [6.07, 6.45) is 0. The van der Waals surface area contributed by atoms with Crippen molar-refractivity contribution in [2.45, 2.75) is 13.8 Å². The zero-order valence-corrected chi connectivity index (χ0v) is 12.7. The number of carbonyl (C=O) groups excluding carboxylic acids is 1. The molecule has 2 aromatic heterocycles. The molecule has 3 N–H and O–H groups in total. The van der Waals surface area contributed by atoms with Gasteiger partial charge in [0.15, 0.2) is 0 Å². The number of para-hydroxylation sites is 1. The molecule has 0 saturated heterocycles. The molecule has 0 aliphatic heterocycles. The quantitative estimate of drug-likeness (QED) is 0.429. The van der Waals surface area contributed by atoms with Crippen molar-refractivity contribution in [1.82, 2.24) is 20.2 Å². The number of nitrogens with one attached hydrogen (secondary N) is 1. The fourth-order valence-corrected chi connectivity index (χ4v) is 2.71. The summed E-state index contributed by atoms with van der Waals surface area (Å²) >= 11 is 0. The van der Waals surface area contributed by atoms with Gasteiger partial charge in [-0.2, -0.15) is 5.10 Å². The summed E-state index contributed by atoms with van der Waals surface area (Å²) in [7, 11) is 1.89. The van der Waals surface area contributed by atoms with Crippen molar-refractivity contribution in [3.05, 3.63) is 47.3 Å². The molecule has 0 fully saturated rings. The lowest BCUT2D eigenvalue weighted by Crippen LogP contribution is -2.30. The van der Waals surface area contributed by atoms with E-state index in [0.29, 0.717) is 5.56 Å². The topological polar surface area (TPSA) is 85.8 Å². The van der Waals surface area contributed by atoms with E-state index >= 15 is 0 Å². The summed E-state index contributed by atoms with van der Waals surface area (Å²) < 4.78 is 1.81. The number of benzene rings is 1. The van der Waals surface area contributed by atoms with Crippen molar-refractivity contribution in [1.29, 1.82) is 0 Å². The number of nitrogen functional groups attached to an aromatic ring is 1. The minimum Gasteiger partial charge on any atom is -0.290 e. The minimum atomic E-state index is -0.334. The van der Waals surface area contributed by atoms with E-state index in [0.717, 1.165) is 33.5 Å². The van der Waals surface area contributed by atoms with Crippen LogP contribution in [0.4, 0.5) is 0 Å². The molecule has 6 heteroatoms. The molecule has 0 bridgehead atoms. The normalized spacial score (nSPS) is 10.9. The summed E-state index contributed by atoms with van der Waals surface area (Å²) in [5, 5.41) is 5.18. The first-order chi connectivity index (χ1) is 10.5. The summed E-state index contributed by atoms with van der Waals surface area (Å²) in [5.41, 5.74) is 7.00. The number of aryl methyl sites for hydroxylation is 2. The number of aromatic nitrogens is 3. The minimum absolute atomic E-state index is 0.334. The molecule has 0 atom stereocenters. The summed E-state index contributed by atoms with van der Waals surface area (Å²) in [5.74, 6) is 4.98. The molecular weight excluding hydrogens is 278 g/mol. The number of nitrogens with two attached hydrogens (primary N) is 1. The maximum atomic E-state index is 12.1. The van der Waals surface area contributed by atoms with Crippen LogP contribution in [0.15, 0.2) is 30.3 Å². The van der Waals surface area contributed by atoms with Gasteiger partial charge in [0, 0.05) is 23.7 Å². The van der Waals surface area contributed by atoms with Gasteiger partial charge in [-0.05, 0) is 26.0 Å². The first-order valence-corrected chi connectivity index (χ1v) is 6.94. The lowest BCUT2D eigenvalue weighted by atomic mass is 10.0. The van der Waals surface area contributed by atoms with E-state index in [4.69, 9.17) is 5.84 Å². The molecule has 1 amide bonds. The van der Waals surface area contributed by atoms with Crippen LogP contribution >= 0.6 is 0 Å². The average Bonchev–Trinajstić information content (AvgIpc) is 2.78. The van der Waals surface area contributed by atoms with Crippen LogP contribution in [-0.4, -0.2) is 20.7 Å². The molecule has 0 spiro atoms. The van der Waals surface area contributed by atoms with Crippen molar-refractivity contribution >= 4 is 16.8 Å². The molecule has 0 saturated carbocycles. The maximum Gasteiger partial charge on any atom is 0.265 e. The van der Waals surface area contributed by atoms with E-state index in [1.54, 1.807) is 6.07 Å². The first kappa shape index (κ1) is 14.2. The maximum absolute atomic E-state index is 12.1. The highest BCUT2D eigenvalue weighted by Gasteiger charge is 2.17. The van der Waals surface area contributed by atoms with Gasteiger partial charge in [-0.25, -0.2) is 10.8 Å². The Kier molecular flexibility index (Phi) is 3.38. The van der Waals surface area contributed by atoms with Crippen LogP contribution in [0.25, 0.3) is 22.2 Å². The molecule has 0 aliphatic rings. The standard InChI is InChI=1S/C16H17N5O/c1-9-15(10(2)21(3)20-9)14-8-12(16(22)19-17)11-6-4-5-7-13(11)18-14/h4-8H,17H2,1-3H3,(H,19,22). The third kappa shape index (κ3) is 2.14. The lowest BCUT2D eigenvalue weighted by Gasteiger charge is -2.09.